The van der Waals surface area contributed by atoms with E-state index in [1.54, 1.807) is 0 Å². The number of hydrogen-bond acceptors (Lipinski definition) is 2. The molecule has 16 heavy (non-hydrogen) atoms. The summed E-state index contributed by atoms with van der Waals surface area (Å²) < 4.78 is 0. The largest absolute Gasteiger partial charge is 0.310 e. The van der Waals surface area contributed by atoms with E-state index < -0.39 is 0 Å². The second-order valence-corrected chi connectivity index (χ2v) is 5.81. The normalized spacial score (nSPS) is 15.0. The first-order valence-electron chi connectivity index (χ1n) is 6.46. The zero-order valence-electron chi connectivity index (χ0n) is 11.0. The van der Waals surface area contributed by atoms with E-state index in [0.29, 0.717) is 6.04 Å². The van der Waals surface area contributed by atoms with Gasteiger partial charge in [0.05, 0.1) is 0 Å². The first-order valence-corrected chi connectivity index (χ1v) is 7.34. The van der Waals surface area contributed by atoms with Crippen molar-refractivity contribution in [2.45, 2.75) is 53.0 Å². The molecule has 1 aromatic rings. The van der Waals surface area contributed by atoms with E-state index in [1.807, 2.05) is 11.3 Å². The predicted octanol–water partition coefficient (Wildman–Crippen LogP) is 4.53. The molecule has 0 amide bonds. The van der Waals surface area contributed by atoms with Gasteiger partial charge in [0.15, 0.2) is 0 Å². The van der Waals surface area contributed by atoms with Crippen molar-refractivity contribution in [3.8, 4) is 0 Å². The average Bonchev–Trinajstić information content (AvgIpc) is 2.70. The van der Waals surface area contributed by atoms with Crippen LogP contribution in [0.2, 0.25) is 0 Å². The molecule has 1 nitrogen and oxygen atoms in total. The average molecular weight is 239 g/mol. The monoisotopic (exact) mass is 239 g/mol. The van der Waals surface area contributed by atoms with E-state index >= 15 is 0 Å². The fourth-order valence-corrected chi connectivity index (χ4v) is 2.73. The number of rotatable bonds is 7. The smallest absolute Gasteiger partial charge is 0.0333 e. The Labute approximate surface area is 104 Å². The molecule has 0 bridgehead atoms. The Bertz CT molecular complexity index is 293. The summed E-state index contributed by atoms with van der Waals surface area (Å²) in [7, 11) is 0. The van der Waals surface area contributed by atoms with Crippen LogP contribution in [-0.2, 0) is 0 Å². The molecule has 2 unspecified atom stereocenters. The van der Waals surface area contributed by atoms with Gasteiger partial charge in [-0.1, -0.05) is 27.2 Å². The molecule has 1 rings (SSSR count). The van der Waals surface area contributed by atoms with Crippen molar-refractivity contribution in [2.24, 2.45) is 5.92 Å². The van der Waals surface area contributed by atoms with Crippen molar-refractivity contribution in [1.29, 1.82) is 0 Å². The minimum atomic E-state index is 0.557. The Balaban J connectivity index is 2.67. The van der Waals surface area contributed by atoms with Crippen LogP contribution in [0.1, 0.15) is 56.5 Å². The van der Waals surface area contributed by atoms with Crippen molar-refractivity contribution in [3.05, 3.63) is 21.9 Å². The van der Waals surface area contributed by atoms with Crippen molar-refractivity contribution in [2.75, 3.05) is 6.54 Å². The summed E-state index contributed by atoms with van der Waals surface area (Å²) in [5.41, 5.74) is 1.51. The molecule has 92 valence electrons. The summed E-state index contributed by atoms with van der Waals surface area (Å²) in [6, 6.07) is 2.84. The lowest BCUT2D eigenvalue weighted by molar-refractivity contribution is 0.402. The standard InChI is InChI=1S/C14H25NS/c1-5-8-15-14(10-11(3)6-2)13-7-9-16-12(13)4/h7,9,11,14-15H,5-6,8,10H2,1-4H3. The number of hydrogen-bond donors (Lipinski definition) is 1. The zero-order valence-corrected chi connectivity index (χ0v) is 11.9. The highest BCUT2D eigenvalue weighted by Gasteiger charge is 2.16. The molecule has 1 aromatic heterocycles. The van der Waals surface area contributed by atoms with E-state index in [4.69, 9.17) is 0 Å². The van der Waals surface area contributed by atoms with E-state index in [1.165, 1.54) is 29.7 Å². The Morgan fingerprint density at radius 3 is 2.62 bits per heavy atom. The number of aryl methyl sites for hydroxylation is 1. The third kappa shape index (κ3) is 3.91. The lowest BCUT2D eigenvalue weighted by Crippen LogP contribution is -2.24. The van der Waals surface area contributed by atoms with Gasteiger partial charge < -0.3 is 5.32 Å². The molecule has 1 heterocycles. The Morgan fingerprint density at radius 2 is 2.12 bits per heavy atom. The van der Waals surface area contributed by atoms with Crippen LogP contribution in [0.25, 0.3) is 0 Å². The second kappa shape index (κ2) is 7.08. The molecule has 0 fully saturated rings. The van der Waals surface area contributed by atoms with Crippen molar-refractivity contribution >= 4 is 11.3 Å². The van der Waals surface area contributed by atoms with Gasteiger partial charge in [0.1, 0.15) is 0 Å². The summed E-state index contributed by atoms with van der Waals surface area (Å²) >= 11 is 1.86. The highest BCUT2D eigenvalue weighted by Crippen LogP contribution is 2.28. The molecule has 0 aliphatic heterocycles. The van der Waals surface area contributed by atoms with Gasteiger partial charge in [0.25, 0.3) is 0 Å². The first-order chi connectivity index (χ1) is 7.69. The van der Waals surface area contributed by atoms with Crippen LogP contribution in [-0.4, -0.2) is 6.54 Å². The van der Waals surface area contributed by atoms with Gasteiger partial charge in [0.2, 0.25) is 0 Å². The molecule has 0 aromatic carbocycles. The predicted molar refractivity (Wildman–Crippen MR) is 74.2 cm³/mol. The van der Waals surface area contributed by atoms with Crippen molar-refractivity contribution in [3.63, 3.8) is 0 Å². The highest BCUT2D eigenvalue weighted by molar-refractivity contribution is 7.10. The molecule has 0 saturated heterocycles. The maximum atomic E-state index is 3.68. The molecule has 0 saturated carbocycles. The summed E-state index contributed by atoms with van der Waals surface area (Å²) in [5.74, 6) is 0.800. The van der Waals surface area contributed by atoms with Crippen molar-refractivity contribution in [1.82, 2.24) is 5.32 Å². The third-order valence-electron chi connectivity index (χ3n) is 3.25. The molecule has 0 aliphatic rings. The van der Waals surface area contributed by atoms with Gasteiger partial charge >= 0.3 is 0 Å². The minimum Gasteiger partial charge on any atom is -0.310 e. The molecule has 1 N–H and O–H groups in total. The van der Waals surface area contributed by atoms with Gasteiger partial charge in [-0.05, 0) is 49.2 Å². The summed E-state index contributed by atoms with van der Waals surface area (Å²) in [5, 5.41) is 5.89. The Kier molecular flexibility index (Phi) is 6.07. The molecule has 0 aliphatic carbocycles. The number of thiophene rings is 1. The maximum Gasteiger partial charge on any atom is 0.0333 e. The number of nitrogens with one attached hydrogen (secondary N) is 1. The summed E-state index contributed by atoms with van der Waals surface area (Å²) in [4.78, 5) is 1.47. The molecule has 0 spiro atoms. The van der Waals surface area contributed by atoms with Gasteiger partial charge in [-0.15, -0.1) is 11.3 Å². The Morgan fingerprint density at radius 1 is 1.38 bits per heavy atom. The maximum absolute atomic E-state index is 3.68. The topological polar surface area (TPSA) is 12.0 Å². The summed E-state index contributed by atoms with van der Waals surface area (Å²) in [6.07, 6.45) is 3.74. The van der Waals surface area contributed by atoms with Crippen LogP contribution < -0.4 is 5.32 Å². The fraction of sp³-hybridized carbons (Fsp3) is 0.714. The highest BCUT2D eigenvalue weighted by atomic mass is 32.1. The van der Waals surface area contributed by atoms with E-state index in [0.717, 1.165) is 12.5 Å². The fourth-order valence-electron chi connectivity index (χ4n) is 1.96. The van der Waals surface area contributed by atoms with Gasteiger partial charge in [0, 0.05) is 10.9 Å². The van der Waals surface area contributed by atoms with Crippen molar-refractivity contribution < 1.29 is 0 Å². The van der Waals surface area contributed by atoms with E-state index in [9.17, 15) is 0 Å². The first kappa shape index (κ1) is 13.7. The minimum absolute atomic E-state index is 0.557. The van der Waals surface area contributed by atoms with Crippen LogP contribution in [0, 0.1) is 12.8 Å². The van der Waals surface area contributed by atoms with Gasteiger partial charge in [-0.3, -0.25) is 0 Å². The lowest BCUT2D eigenvalue weighted by Gasteiger charge is -2.22. The van der Waals surface area contributed by atoms with Crippen LogP contribution in [0.5, 0.6) is 0 Å². The van der Waals surface area contributed by atoms with Crippen LogP contribution in [0.15, 0.2) is 11.4 Å². The van der Waals surface area contributed by atoms with E-state index in [2.05, 4.69) is 44.5 Å². The zero-order chi connectivity index (χ0) is 12.0. The van der Waals surface area contributed by atoms with E-state index in [-0.39, 0.29) is 0 Å². The molecule has 0 radical (unpaired) electrons. The summed E-state index contributed by atoms with van der Waals surface area (Å²) in [6.45, 7) is 10.2. The van der Waals surface area contributed by atoms with Crippen LogP contribution >= 0.6 is 11.3 Å². The molecule has 2 atom stereocenters. The van der Waals surface area contributed by atoms with Gasteiger partial charge in [-0.2, -0.15) is 0 Å². The molecular weight excluding hydrogens is 214 g/mol. The van der Waals surface area contributed by atoms with Crippen LogP contribution in [0.3, 0.4) is 0 Å². The third-order valence-corrected chi connectivity index (χ3v) is 4.11. The quantitative estimate of drug-likeness (QED) is 0.737. The SMILES string of the molecule is CCCNC(CC(C)CC)c1ccsc1C. The van der Waals surface area contributed by atoms with Gasteiger partial charge in [-0.25, -0.2) is 0 Å². The molecular formula is C14H25NS. The Hall–Kier alpha value is -0.340. The lowest BCUT2D eigenvalue weighted by atomic mass is 9.94. The second-order valence-electron chi connectivity index (χ2n) is 4.69. The molecule has 2 heteroatoms. The van der Waals surface area contributed by atoms with Crippen LogP contribution in [0.4, 0.5) is 0 Å².